The lowest BCUT2D eigenvalue weighted by molar-refractivity contribution is 0.102. The van der Waals surface area contributed by atoms with Gasteiger partial charge in [0.1, 0.15) is 11.6 Å². The van der Waals surface area contributed by atoms with Crippen molar-refractivity contribution in [1.29, 1.82) is 0 Å². The number of carbonyl (C=O) groups excluding carboxylic acids is 1. The average molecular weight is 419 g/mol. The maximum absolute atomic E-state index is 14.5. The van der Waals surface area contributed by atoms with E-state index >= 15 is 0 Å². The van der Waals surface area contributed by atoms with Crippen LogP contribution < -0.4 is 5.32 Å². The highest BCUT2D eigenvalue weighted by atomic mass is 35.5. The summed E-state index contributed by atoms with van der Waals surface area (Å²) in [4.78, 5) is 12.5. The molecule has 1 aliphatic heterocycles. The summed E-state index contributed by atoms with van der Waals surface area (Å²) in [5.41, 5.74) is 1.07. The van der Waals surface area contributed by atoms with Crippen LogP contribution in [0.5, 0.6) is 0 Å². The van der Waals surface area contributed by atoms with Crippen LogP contribution in [0.25, 0.3) is 11.4 Å². The lowest BCUT2D eigenvalue weighted by Crippen LogP contribution is -2.12. The topological polar surface area (TPSA) is 59.8 Å². The zero-order valence-electron chi connectivity index (χ0n) is 14.9. The number of aromatic nitrogens is 3. The monoisotopic (exact) mass is 418 g/mol. The fourth-order valence-electron chi connectivity index (χ4n) is 3.35. The summed E-state index contributed by atoms with van der Waals surface area (Å²) in [5, 5.41) is 11.9. The molecule has 0 saturated carbocycles. The van der Waals surface area contributed by atoms with Crippen molar-refractivity contribution in [3.63, 3.8) is 0 Å². The van der Waals surface area contributed by atoms with Gasteiger partial charge < -0.3 is 9.88 Å². The van der Waals surface area contributed by atoms with Crippen LogP contribution in [-0.2, 0) is 13.0 Å². The molecule has 0 spiro atoms. The summed E-state index contributed by atoms with van der Waals surface area (Å²) in [5.74, 6) is 0.552. The van der Waals surface area contributed by atoms with Gasteiger partial charge in [-0.15, -0.1) is 10.2 Å². The van der Waals surface area contributed by atoms with Gasteiger partial charge in [-0.2, -0.15) is 0 Å². The maximum atomic E-state index is 14.5. The molecule has 2 aromatic carbocycles. The molecule has 0 bridgehead atoms. The van der Waals surface area contributed by atoms with Crippen molar-refractivity contribution in [3.05, 3.63) is 63.6 Å². The molecule has 5 nitrogen and oxygen atoms in total. The van der Waals surface area contributed by atoms with Crippen molar-refractivity contribution in [2.45, 2.75) is 32.2 Å². The molecular weight excluding hydrogens is 402 g/mol. The molecule has 1 amide bonds. The van der Waals surface area contributed by atoms with Gasteiger partial charge in [-0.05, 0) is 49.2 Å². The van der Waals surface area contributed by atoms with Gasteiger partial charge in [-0.25, -0.2) is 4.39 Å². The Hall–Kier alpha value is -2.44. The van der Waals surface area contributed by atoms with Crippen molar-refractivity contribution >= 4 is 34.8 Å². The number of rotatable bonds is 3. The molecule has 144 valence electrons. The third-order valence-corrected chi connectivity index (χ3v) is 5.14. The Labute approximate surface area is 171 Å². The highest BCUT2D eigenvalue weighted by Gasteiger charge is 2.19. The number of anilines is 1. The SMILES string of the molecule is O=C(Nc1ccc(F)c(-c2nnc3n2CCCCC3)c1)c1cc(Cl)cc(Cl)c1. The summed E-state index contributed by atoms with van der Waals surface area (Å²) in [6.45, 7) is 0.759. The Morgan fingerprint density at radius 3 is 2.61 bits per heavy atom. The predicted octanol–water partition coefficient (Wildman–Crippen LogP) is 5.37. The molecule has 8 heteroatoms. The standard InChI is InChI=1S/C20H17Cl2FN4O/c21-13-8-12(9-14(22)10-13)20(28)24-15-5-6-17(23)16(11-15)19-26-25-18-4-2-1-3-7-27(18)19/h5-6,8-11H,1-4,7H2,(H,24,28). The number of fused-ring (bicyclic) bond motifs is 1. The minimum atomic E-state index is -0.414. The second kappa shape index (κ2) is 7.89. The van der Waals surface area contributed by atoms with Crippen molar-refractivity contribution in [3.8, 4) is 11.4 Å². The molecule has 1 aromatic heterocycles. The number of nitrogens with one attached hydrogen (secondary N) is 1. The van der Waals surface area contributed by atoms with Gasteiger partial charge in [-0.3, -0.25) is 4.79 Å². The summed E-state index contributed by atoms with van der Waals surface area (Å²) in [6.07, 6.45) is 4.01. The first-order valence-electron chi connectivity index (χ1n) is 9.01. The Morgan fingerprint density at radius 2 is 1.82 bits per heavy atom. The minimum absolute atomic E-state index is 0.308. The van der Waals surface area contributed by atoms with Gasteiger partial charge in [0.05, 0.1) is 5.56 Å². The number of aryl methyl sites for hydroxylation is 1. The fourth-order valence-corrected chi connectivity index (χ4v) is 3.87. The van der Waals surface area contributed by atoms with Crippen molar-refractivity contribution in [2.24, 2.45) is 0 Å². The molecule has 0 fully saturated rings. The molecule has 0 saturated heterocycles. The van der Waals surface area contributed by atoms with Crippen molar-refractivity contribution < 1.29 is 9.18 Å². The predicted molar refractivity (Wildman–Crippen MR) is 107 cm³/mol. The first kappa shape index (κ1) is 18.9. The first-order chi connectivity index (χ1) is 13.5. The summed E-state index contributed by atoms with van der Waals surface area (Å²) >= 11 is 11.9. The smallest absolute Gasteiger partial charge is 0.255 e. The van der Waals surface area contributed by atoms with Crippen LogP contribution in [0.4, 0.5) is 10.1 Å². The summed E-state index contributed by atoms with van der Waals surface area (Å²) in [6, 6.07) is 8.97. The van der Waals surface area contributed by atoms with Gasteiger partial charge in [0.2, 0.25) is 0 Å². The molecule has 4 rings (SSSR count). The van der Waals surface area contributed by atoms with Crippen LogP contribution in [0.1, 0.15) is 35.4 Å². The van der Waals surface area contributed by atoms with Crippen LogP contribution in [0, 0.1) is 5.82 Å². The molecule has 0 aliphatic carbocycles. The second-order valence-electron chi connectivity index (χ2n) is 6.71. The average Bonchev–Trinajstić information content (AvgIpc) is 2.90. The van der Waals surface area contributed by atoms with Crippen LogP contribution in [0.2, 0.25) is 10.0 Å². The second-order valence-corrected chi connectivity index (χ2v) is 7.58. The first-order valence-corrected chi connectivity index (χ1v) is 9.76. The Balaban J connectivity index is 1.65. The molecule has 3 aromatic rings. The molecule has 28 heavy (non-hydrogen) atoms. The number of benzene rings is 2. The van der Waals surface area contributed by atoms with Crippen LogP contribution in [0.3, 0.4) is 0 Å². The van der Waals surface area contributed by atoms with E-state index < -0.39 is 5.82 Å². The van der Waals surface area contributed by atoms with Crippen LogP contribution in [-0.4, -0.2) is 20.7 Å². The van der Waals surface area contributed by atoms with Crippen molar-refractivity contribution in [2.75, 3.05) is 5.32 Å². The zero-order valence-corrected chi connectivity index (χ0v) is 16.4. The third kappa shape index (κ3) is 3.88. The van der Waals surface area contributed by atoms with Gasteiger partial charge in [-0.1, -0.05) is 29.6 Å². The largest absolute Gasteiger partial charge is 0.322 e. The maximum Gasteiger partial charge on any atom is 0.255 e. The van der Waals surface area contributed by atoms with E-state index in [-0.39, 0.29) is 5.91 Å². The van der Waals surface area contributed by atoms with E-state index in [0.29, 0.717) is 32.7 Å². The molecule has 1 aliphatic rings. The minimum Gasteiger partial charge on any atom is -0.322 e. The third-order valence-electron chi connectivity index (χ3n) is 4.70. The molecular formula is C20H17Cl2FN4O. The normalized spacial score (nSPS) is 13.7. The van der Waals surface area contributed by atoms with Gasteiger partial charge in [0, 0.05) is 34.3 Å². The Morgan fingerprint density at radius 1 is 1.04 bits per heavy atom. The number of amides is 1. The lowest BCUT2D eigenvalue weighted by atomic mass is 10.1. The molecule has 0 unspecified atom stereocenters. The highest BCUT2D eigenvalue weighted by Crippen LogP contribution is 2.28. The number of nitrogens with zero attached hydrogens (tertiary/aromatic N) is 3. The number of carbonyl (C=O) groups is 1. The molecule has 0 radical (unpaired) electrons. The molecule has 2 heterocycles. The van der Waals surface area contributed by atoms with E-state index in [9.17, 15) is 9.18 Å². The van der Waals surface area contributed by atoms with Gasteiger partial charge >= 0.3 is 0 Å². The Kier molecular flexibility index (Phi) is 5.33. The van der Waals surface area contributed by atoms with Crippen LogP contribution in [0.15, 0.2) is 36.4 Å². The summed E-state index contributed by atoms with van der Waals surface area (Å²) < 4.78 is 16.5. The van der Waals surface area contributed by atoms with Crippen LogP contribution >= 0.6 is 23.2 Å². The van der Waals surface area contributed by atoms with Gasteiger partial charge in [0.25, 0.3) is 5.91 Å². The van der Waals surface area contributed by atoms with Crippen molar-refractivity contribution in [1.82, 2.24) is 14.8 Å². The van der Waals surface area contributed by atoms with E-state index in [1.807, 2.05) is 4.57 Å². The quantitative estimate of drug-likeness (QED) is 0.621. The highest BCUT2D eigenvalue weighted by molar-refractivity contribution is 6.35. The molecule has 1 N–H and O–H groups in total. The van der Waals surface area contributed by atoms with Gasteiger partial charge in [0.15, 0.2) is 5.82 Å². The van der Waals surface area contributed by atoms with E-state index in [2.05, 4.69) is 15.5 Å². The number of halogens is 3. The van der Waals surface area contributed by atoms with E-state index in [4.69, 9.17) is 23.2 Å². The number of hydrogen-bond acceptors (Lipinski definition) is 3. The van der Waals surface area contributed by atoms with E-state index in [1.165, 1.54) is 24.3 Å². The zero-order chi connectivity index (χ0) is 19.7. The fraction of sp³-hybridized carbons (Fsp3) is 0.250. The lowest BCUT2D eigenvalue weighted by Gasteiger charge is -2.11. The number of hydrogen-bond donors (Lipinski definition) is 1. The summed E-state index contributed by atoms with van der Waals surface area (Å²) in [7, 11) is 0. The van der Waals surface area contributed by atoms with E-state index in [0.717, 1.165) is 38.1 Å². The van der Waals surface area contributed by atoms with E-state index in [1.54, 1.807) is 12.1 Å². The Bertz CT molecular complexity index is 1030. The molecule has 0 atom stereocenters.